The van der Waals surface area contributed by atoms with Gasteiger partial charge in [0.1, 0.15) is 23.0 Å². The minimum absolute atomic E-state index is 0.155. The van der Waals surface area contributed by atoms with Crippen molar-refractivity contribution in [3.05, 3.63) is 45.8 Å². The molecule has 0 aliphatic heterocycles. The van der Waals surface area contributed by atoms with Crippen LogP contribution in [0.5, 0.6) is 5.88 Å². The monoisotopic (exact) mass is 350 g/mol. The van der Waals surface area contributed by atoms with Gasteiger partial charge in [0, 0.05) is 12.1 Å². The first-order valence-electron chi connectivity index (χ1n) is 6.03. The van der Waals surface area contributed by atoms with Crippen LogP contribution in [0, 0.1) is 17.5 Å². The second kappa shape index (κ2) is 4.97. The number of hydrogen-bond acceptors (Lipinski definition) is 4. The molecule has 12 heteroatoms. The maximum atomic E-state index is 13.8. The molecule has 0 aliphatic carbocycles. The average Bonchev–Trinajstić information content (AvgIpc) is 2.85. The number of aromatic amines is 1. The number of rotatable bonds is 1. The van der Waals surface area contributed by atoms with Crippen molar-refractivity contribution in [1.29, 1.82) is 0 Å². The second-order valence-corrected chi connectivity index (χ2v) is 4.57. The Balaban J connectivity index is 2.37. The molecular formula is C12H4F6N4O2. The van der Waals surface area contributed by atoms with Crippen molar-refractivity contribution in [3.8, 4) is 17.0 Å². The molecule has 24 heavy (non-hydrogen) atoms. The Hall–Kier alpha value is -3.05. The van der Waals surface area contributed by atoms with E-state index in [4.69, 9.17) is 0 Å². The van der Waals surface area contributed by atoms with Crippen LogP contribution in [0.15, 0.2) is 16.9 Å². The minimum Gasteiger partial charge on any atom is -0.493 e. The summed E-state index contributed by atoms with van der Waals surface area (Å²) in [7, 11) is 0. The fourth-order valence-corrected chi connectivity index (χ4v) is 2.04. The summed E-state index contributed by atoms with van der Waals surface area (Å²) in [4.78, 5) is 16.7. The summed E-state index contributed by atoms with van der Waals surface area (Å²) >= 11 is 0. The molecule has 1 aromatic carbocycles. The van der Waals surface area contributed by atoms with Gasteiger partial charge in [0.2, 0.25) is 11.7 Å². The minimum atomic E-state index is -4.98. The summed E-state index contributed by atoms with van der Waals surface area (Å²) in [5.41, 5.74) is -3.53. The number of nitrogens with zero attached hydrogens (tertiary/aromatic N) is 3. The highest BCUT2D eigenvalue weighted by Gasteiger charge is 2.37. The van der Waals surface area contributed by atoms with E-state index in [9.17, 15) is 36.2 Å². The van der Waals surface area contributed by atoms with E-state index in [2.05, 4.69) is 10.1 Å². The smallest absolute Gasteiger partial charge is 0.453 e. The van der Waals surface area contributed by atoms with Gasteiger partial charge in [-0.15, -0.1) is 5.10 Å². The molecule has 2 heterocycles. The quantitative estimate of drug-likeness (QED) is 0.660. The van der Waals surface area contributed by atoms with E-state index in [1.807, 2.05) is 0 Å². The normalized spacial score (nSPS) is 12.1. The number of alkyl halides is 3. The third-order valence-corrected chi connectivity index (χ3v) is 2.99. The molecule has 0 atom stereocenters. The topological polar surface area (TPSA) is 83.3 Å². The van der Waals surface area contributed by atoms with Crippen LogP contribution in [0.2, 0.25) is 0 Å². The number of benzene rings is 1. The second-order valence-electron chi connectivity index (χ2n) is 4.57. The SMILES string of the molecule is O=c1[nH]c2nc(C(F)(F)F)nn2c(O)c1-c1c(F)cc(F)cc1F. The van der Waals surface area contributed by atoms with E-state index in [0.29, 0.717) is 0 Å². The molecule has 0 radical (unpaired) electrons. The first kappa shape index (κ1) is 15.8. The number of hydrogen-bond donors (Lipinski definition) is 2. The van der Waals surface area contributed by atoms with E-state index < -0.39 is 57.8 Å². The summed E-state index contributed by atoms with van der Waals surface area (Å²) in [5, 5.41) is 12.9. The van der Waals surface area contributed by atoms with Gasteiger partial charge in [-0.05, 0) is 0 Å². The van der Waals surface area contributed by atoms with Crippen LogP contribution < -0.4 is 5.56 Å². The van der Waals surface area contributed by atoms with E-state index in [-0.39, 0.29) is 16.6 Å². The Morgan fingerprint density at radius 1 is 1.08 bits per heavy atom. The third kappa shape index (κ3) is 2.35. The summed E-state index contributed by atoms with van der Waals surface area (Å²) in [5.74, 6) is -8.14. The van der Waals surface area contributed by atoms with Crippen molar-refractivity contribution in [2.75, 3.05) is 0 Å². The van der Waals surface area contributed by atoms with Crippen LogP contribution in [0.3, 0.4) is 0 Å². The molecule has 3 rings (SSSR count). The average molecular weight is 350 g/mol. The van der Waals surface area contributed by atoms with Crippen molar-refractivity contribution < 1.29 is 31.4 Å². The van der Waals surface area contributed by atoms with E-state index in [1.165, 1.54) is 0 Å². The van der Waals surface area contributed by atoms with Gasteiger partial charge in [-0.1, -0.05) is 0 Å². The number of halogens is 6. The lowest BCUT2D eigenvalue weighted by molar-refractivity contribution is -0.144. The number of fused-ring (bicyclic) bond motifs is 1. The lowest BCUT2D eigenvalue weighted by Crippen LogP contribution is -2.14. The highest BCUT2D eigenvalue weighted by molar-refractivity contribution is 5.69. The first-order valence-corrected chi connectivity index (χ1v) is 6.03. The highest BCUT2D eigenvalue weighted by Crippen LogP contribution is 2.32. The predicted molar refractivity (Wildman–Crippen MR) is 65.6 cm³/mol. The first-order chi connectivity index (χ1) is 11.1. The molecular weight excluding hydrogens is 346 g/mol. The van der Waals surface area contributed by atoms with Gasteiger partial charge in [0.05, 0.1) is 5.56 Å². The van der Waals surface area contributed by atoms with E-state index in [0.717, 1.165) is 0 Å². The molecule has 0 aliphatic rings. The number of aromatic nitrogens is 4. The molecule has 0 spiro atoms. The van der Waals surface area contributed by atoms with Crippen LogP contribution in [0.25, 0.3) is 16.9 Å². The van der Waals surface area contributed by atoms with Crippen LogP contribution in [0.4, 0.5) is 26.3 Å². The van der Waals surface area contributed by atoms with E-state index >= 15 is 0 Å². The van der Waals surface area contributed by atoms with Crippen molar-refractivity contribution in [3.63, 3.8) is 0 Å². The van der Waals surface area contributed by atoms with Gasteiger partial charge in [0.15, 0.2) is 0 Å². The zero-order valence-electron chi connectivity index (χ0n) is 11.1. The number of nitrogens with one attached hydrogen (secondary N) is 1. The lowest BCUT2D eigenvalue weighted by Gasteiger charge is -2.07. The number of H-pyrrole nitrogens is 1. The molecule has 0 bridgehead atoms. The molecule has 0 amide bonds. The van der Waals surface area contributed by atoms with Gasteiger partial charge < -0.3 is 5.11 Å². The molecule has 126 valence electrons. The zero-order chi connectivity index (χ0) is 17.8. The van der Waals surface area contributed by atoms with Crippen LogP contribution in [-0.2, 0) is 6.18 Å². The number of aromatic hydroxyl groups is 1. The van der Waals surface area contributed by atoms with Crippen molar-refractivity contribution in [1.82, 2.24) is 19.6 Å². The fraction of sp³-hybridized carbons (Fsp3) is 0.0833. The van der Waals surface area contributed by atoms with Crippen molar-refractivity contribution >= 4 is 5.78 Å². The van der Waals surface area contributed by atoms with Gasteiger partial charge >= 0.3 is 6.18 Å². The molecule has 2 N–H and O–H groups in total. The van der Waals surface area contributed by atoms with Gasteiger partial charge in [0.25, 0.3) is 11.4 Å². The largest absolute Gasteiger partial charge is 0.493 e. The highest BCUT2D eigenvalue weighted by atomic mass is 19.4. The maximum Gasteiger partial charge on any atom is 0.453 e. The molecule has 0 saturated heterocycles. The summed E-state index contributed by atoms with van der Waals surface area (Å²) in [6.07, 6.45) is -4.98. The van der Waals surface area contributed by atoms with E-state index in [1.54, 1.807) is 4.98 Å². The summed E-state index contributed by atoms with van der Waals surface area (Å²) in [6.45, 7) is 0. The maximum absolute atomic E-state index is 13.8. The van der Waals surface area contributed by atoms with Gasteiger partial charge in [-0.2, -0.15) is 22.7 Å². The Morgan fingerprint density at radius 2 is 1.67 bits per heavy atom. The summed E-state index contributed by atoms with van der Waals surface area (Å²) < 4.78 is 78.4. The Labute approximate surface area is 127 Å². The molecule has 0 unspecified atom stereocenters. The third-order valence-electron chi connectivity index (χ3n) is 2.99. The Kier molecular flexibility index (Phi) is 3.28. The molecule has 0 fully saturated rings. The predicted octanol–water partition coefficient (Wildman–Crippen LogP) is 2.23. The van der Waals surface area contributed by atoms with Gasteiger partial charge in [-0.25, -0.2) is 13.2 Å². The molecule has 6 nitrogen and oxygen atoms in total. The molecule has 3 aromatic rings. The fourth-order valence-electron chi connectivity index (χ4n) is 2.04. The zero-order valence-corrected chi connectivity index (χ0v) is 11.1. The van der Waals surface area contributed by atoms with Crippen molar-refractivity contribution in [2.24, 2.45) is 0 Å². The van der Waals surface area contributed by atoms with Crippen LogP contribution in [0.1, 0.15) is 5.82 Å². The standard InChI is InChI=1S/C12H4F6N4O2/c13-3-1-4(14)6(5(15)2-3)7-8(23)19-11-20-10(12(16,17)18)21-22(11)9(7)24/h1-2,24H,(H,19,20,21,23). The molecule has 0 saturated carbocycles. The van der Waals surface area contributed by atoms with Crippen LogP contribution >= 0.6 is 0 Å². The van der Waals surface area contributed by atoms with Crippen molar-refractivity contribution in [2.45, 2.75) is 6.18 Å². The molecule has 2 aromatic heterocycles. The lowest BCUT2D eigenvalue weighted by atomic mass is 10.1. The summed E-state index contributed by atoms with van der Waals surface area (Å²) in [6, 6.07) is 0.480. The Morgan fingerprint density at radius 3 is 2.21 bits per heavy atom. The van der Waals surface area contributed by atoms with Gasteiger partial charge in [-0.3, -0.25) is 9.78 Å². The Bertz CT molecular complexity index is 1000. The van der Waals surface area contributed by atoms with Crippen LogP contribution in [-0.4, -0.2) is 24.7 Å².